The van der Waals surface area contributed by atoms with Gasteiger partial charge < -0.3 is 15.7 Å². The molecule has 1 amide bonds. The fraction of sp³-hybridized carbons (Fsp3) is 0.462. The van der Waals surface area contributed by atoms with E-state index in [2.05, 4.69) is 0 Å². The van der Waals surface area contributed by atoms with Crippen molar-refractivity contribution in [1.29, 1.82) is 0 Å². The van der Waals surface area contributed by atoms with Gasteiger partial charge in [0.25, 0.3) is 5.91 Å². The lowest BCUT2D eigenvalue weighted by molar-refractivity contribution is 0.0547. The van der Waals surface area contributed by atoms with Crippen molar-refractivity contribution in [1.82, 2.24) is 4.90 Å². The molecule has 2 rings (SSSR count). The Bertz CT molecular complexity index is 423. The molecule has 0 bridgehead atoms. The number of piperidine rings is 1. The lowest BCUT2D eigenvalue weighted by atomic mass is 10.0. The third kappa shape index (κ3) is 2.58. The number of hydrogen-bond acceptors (Lipinski definition) is 3. The molecule has 17 heavy (non-hydrogen) atoms. The van der Waals surface area contributed by atoms with E-state index in [1.54, 1.807) is 11.0 Å². The molecule has 1 aliphatic heterocycles. The highest BCUT2D eigenvalue weighted by Gasteiger charge is 2.23. The van der Waals surface area contributed by atoms with Gasteiger partial charge in [-0.1, -0.05) is 11.6 Å². The molecule has 92 valence electrons. The average Bonchev–Trinajstić information content (AvgIpc) is 2.32. The molecular formula is C13H18N2O2. The Morgan fingerprint density at radius 1 is 1.41 bits per heavy atom. The van der Waals surface area contributed by atoms with Crippen LogP contribution in [0, 0.1) is 6.92 Å². The zero-order valence-electron chi connectivity index (χ0n) is 10.0. The highest BCUT2D eigenvalue weighted by atomic mass is 16.3. The van der Waals surface area contributed by atoms with Gasteiger partial charge in [-0.3, -0.25) is 4.79 Å². The second kappa shape index (κ2) is 4.75. The molecule has 1 aromatic rings. The van der Waals surface area contributed by atoms with E-state index in [9.17, 15) is 9.90 Å². The minimum atomic E-state index is -0.270. The Morgan fingerprint density at radius 3 is 2.71 bits per heavy atom. The number of anilines is 1. The van der Waals surface area contributed by atoms with Crippen LogP contribution in [0.4, 0.5) is 5.69 Å². The topological polar surface area (TPSA) is 66.6 Å². The van der Waals surface area contributed by atoms with Gasteiger partial charge in [-0.25, -0.2) is 0 Å². The molecule has 1 heterocycles. The number of aliphatic hydroxyl groups is 1. The second-order valence-electron chi connectivity index (χ2n) is 4.61. The molecule has 3 N–H and O–H groups in total. The molecule has 1 saturated heterocycles. The van der Waals surface area contributed by atoms with Gasteiger partial charge in [-0.05, 0) is 31.9 Å². The maximum Gasteiger partial charge on any atom is 0.255 e. The Balaban J connectivity index is 2.16. The van der Waals surface area contributed by atoms with Crippen molar-refractivity contribution >= 4 is 11.6 Å². The molecule has 0 saturated carbocycles. The fourth-order valence-corrected chi connectivity index (χ4v) is 2.09. The van der Waals surface area contributed by atoms with Crippen molar-refractivity contribution in [3.63, 3.8) is 0 Å². The van der Waals surface area contributed by atoms with Crippen molar-refractivity contribution < 1.29 is 9.90 Å². The lowest BCUT2D eigenvalue weighted by Crippen LogP contribution is -2.40. The predicted molar refractivity (Wildman–Crippen MR) is 66.7 cm³/mol. The van der Waals surface area contributed by atoms with E-state index < -0.39 is 0 Å². The molecule has 4 heteroatoms. The number of aryl methyl sites for hydroxylation is 1. The van der Waals surface area contributed by atoms with Gasteiger partial charge in [0.15, 0.2) is 0 Å². The standard InChI is InChI=1S/C13H18N2O2/c1-9-2-3-12(14)11(8-9)13(17)15-6-4-10(16)5-7-15/h2-3,8,10,16H,4-7,14H2,1H3. The third-order valence-electron chi connectivity index (χ3n) is 3.19. The van der Waals surface area contributed by atoms with Gasteiger partial charge in [0.2, 0.25) is 0 Å². The summed E-state index contributed by atoms with van der Waals surface area (Å²) >= 11 is 0. The number of hydrogen-bond donors (Lipinski definition) is 2. The lowest BCUT2D eigenvalue weighted by Gasteiger charge is -2.30. The number of amides is 1. The third-order valence-corrected chi connectivity index (χ3v) is 3.19. The van der Waals surface area contributed by atoms with E-state index in [-0.39, 0.29) is 12.0 Å². The van der Waals surface area contributed by atoms with Crippen LogP contribution in [0.5, 0.6) is 0 Å². The van der Waals surface area contributed by atoms with E-state index in [0.29, 0.717) is 37.2 Å². The summed E-state index contributed by atoms with van der Waals surface area (Å²) < 4.78 is 0. The van der Waals surface area contributed by atoms with Crippen LogP contribution in [-0.2, 0) is 0 Å². The van der Waals surface area contributed by atoms with Gasteiger partial charge in [0.05, 0.1) is 11.7 Å². The number of likely N-dealkylation sites (tertiary alicyclic amines) is 1. The summed E-state index contributed by atoms with van der Waals surface area (Å²) in [6.07, 6.45) is 1.03. The van der Waals surface area contributed by atoms with E-state index >= 15 is 0 Å². The number of nitrogens with two attached hydrogens (primary N) is 1. The second-order valence-corrected chi connectivity index (χ2v) is 4.61. The van der Waals surface area contributed by atoms with Gasteiger partial charge in [0.1, 0.15) is 0 Å². The van der Waals surface area contributed by atoms with Crippen LogP contribution >= 0.6 is 0 Å². The molecule has 0 atom stereocenters. The summed E-state index contributed by atoms with van der Waals surface area (Å²) in [5, 5.41) is 9.42. The largest absolute Gasteiger partial charge is 0.398 e. The van der Waals surface area contributed by atoms with Crippen LogP contribution in [0.3, 0.4) is 0 Å². The Labute approximate surface area is 101 Å². The molecule has 1 aliphatic rings. The minimum Gasteiger partial charge on any atom is -0.398 e. The smallest absolute Gasteiger partial charge is 0.255 e. The van der Waals surface area contributed by atoms with Crippen LogP contribution in [0.2, 0.25) is 0 Å². The van der Waals surface area contributed by atoms with E-state index in [4.69, 9.17) is 5.73 Å². The van der Waals surface area contributed by atoms with Crippen molar-refractivity contribution in [2.75, 3.05) is 18.8 Å². The van der Waals surface area contributed by atoms with Crippen molar-refractivity contribution in [2.45, 2.75) is 25.9 Å². The van der Waals surface area contributed by atoms with Crippen LogP contribution in [0.25, 0.3) is 0 Å². The van der Waals surface area contributed by atoms with E-state index in [0.717, 1.165) is 5.56 Å². The zero-order chi connectivity index (χ0) is 12.4. The Morgan fingerprint density at radius 2 is 2.06 bits per heavy atom. The maximum absolute atomic E-state index is 12.2. The first kappa shape index (κ1) is 11.9. The van der Waals surface area contributed by atoms with Crippen LogP contribution in [-0.4, -0.2) is 35.1 Å². The number of benzene rings is 1. The Hall–Kier alpha value is -1.55. The Kier molecular flexibility index (Phi) is 3.33. The van der Waals surface area contributed by atoms with E-state index in [1.165, 1.54) is 0 Å². The number of nitrogen functional groups attached to an aromatic ring is 1. The minimum absolute atomic E-state index is 0.0295. The van der Waals surface area contributed by atoms with Crippen LogP contribution in [0.15, 0.2) is 18.2 Å². The first-order valence-corrected chi connectivity index (χ1v) is 5.91. The van der Waals surface area contributed by atoms with Crippen molar-refractivity contribution in [2.24, 2.45) is 0 Å². The number of rotatable bonds is 1. The fourth-order valence-electron chi connectivity index (χ4n) is 2.09. The summed E-state index contributed by atoms with van der Waals surface area (Å²) in [6.45, 7) is 3.15. The monoisotopic (exact) mass is 234 g/mol. The SMILES string of the molecule is Cc1ccc(N)c(C(=O)N2CCC(O)CC2)c1. The van der Waals surface area contributed by atoms with Gasteiger partial charge >= 0.3 is 0 Å². The predicted octanol–water partition coefficient (Wildman–Crippen LogP) is 1.17. The molecule has 1 fully saturated rings. The molecular weight excluding hydrogens is 216 g/mol. The van der Waals surface area contributed by atoms with Gasteiger partial charge in [0, 0.05) is 18.8 Å². The molecule has 0 spiro atoms. The highest BCUT2D eigenvalue weighted by molar-refractivity contribution is 5.99. The molecule has 0 aromatic heterocycles. The summed E-state index contributed by atoms with van der Waals surface area (Å²) in [7, 11) is 0. The maximum atomic E-state index is 12.2. The molecule has 4 nitrogen and oxygen atoms in total. The molecule has 0 aliphatic carbocycles. The zero-order valence-corrected chi connectivity index (χ0v) is 10.0. The highest BCUT2D eigenvalue weighted by Crippen LogP contribution is 2.19. The van der Waals surface area contributed by atoms with E-state index in [1.807, 2.05) is 19.1 Å². The normalized spacial score (nSPS) is 17.2. The molecule has 0 unspecified atom stereocenters. The summed E-state index contributed by atoms with van der Waals surface area (Å²) in [6, 6.07) is 5.48. The molecule has 1 aromatic carbocycles. The number of aliphatic hydroxyl groups excluding tert-OH is 1. The summed E-state index contributed by atoms with van der Waals surface area (Å²) in [5.41, 5.74) is 7.95. The van der Waals surface area contributed by atoms with Crippen LogP contribution in [0.1, 0.15) is 28.8 Å². The van der Waals surface area contributed by atoms with Crippen molar-refractivity contribution in [3.8, 4) is 0 Å². The van der Waals surface area contributed by atoms with Gasteiger partial charge in [-0.2, -0.15) is 0 Å². The van der Waals surface area contributed by atoms with Gasteiger partial charge in [-0.15, -0.1) is 0 Å². The number of carbonyl (C=O) groups is 1. The first-order valence-electron chi connectivity index (χ1n) is 5.91. The summed E-state index contributed by atoms with van der Waals surface area (Å²) in [4.78, 5) is 14.0. The van der Waals surface area contributed by atoms with Crippen LogP contribution < -0.4 is 5.73 Å². The first-order chi connectivity index (χ1) is 8.08. The quantitative estimate of drug-likeness (QED) is 0.717. The average molecular weight is 234 g/mol. The van der Waals surface area contributed by atoms with Crippen molar-refractivity contribution in [3.05, 3.63) is 29.3 Å². The molecule has 0 radical (unpaired) electrons. The number of carbonyl (C=O) groups excluding carboxylic acids is 1. The summed E-state index contributed by atoms with van der Waals surface area (Å²) in [5.74, 6) is -0.0295. The number of nitrogens with zero attached hydrogens (tertiary/aromatic N) is 1.